The summed E-state index contributed by atoms with van der Waals surface area (Å²) in [5, 5.41) is 0. The van der Waals surface area contributed by atoms with Gasteiger partial charge in [-0.1, -0.05) is 12.1 Å². The van der Waals surface area contributed by atoms with Crippen molar-refractivity contribution in [3.63, 3.8) is 0 Å². The number of nitrogens with zero attached hydrogens (tertiary/aromatic N) is 3. The summed E-state index contributed by atoms with van der Waals surface area (Å²) < 4.78 is 5.33. The van der Waals surface area contributed by atoms with Crippen molar-refractivity contribution in [2.45, 2.75) is 6.54 Å². The summed E-state index contributed by atoms with van der Waals surface area (Å²) in [6.45, 7) is 0.327. The zero-order chi connectivity index (χ0) is 13.0. The minimum atomic E-state index is 0.327. The number of hydrogen-bond donors (Lipinski definition) is 1. The first-order valence-corrected chi connectivity index (χ1v) is 5.65. The van der Waals surface area contributed by atoms with Crippen molar-refractivity contribution in [2.24, 2.45) is 5.73 Å². The molecule has 0 aliphatic carbocycles. The van der Waals surface area contributed by atoms with E-state index >= 15 is 0 Å². The fourth-order valence-electron chi connectivity index (χ4n) is 1.70. The van der Waals surface area contributed by atoms with Crippen LogP contribution in [0.3, 0.4) is 0 Å². The monoisotopic (exact) mass is 244 g/mol. The van der Waals surface area contributed by atoms with Gasteiger partial charge in [-0.2, -0.15) is 0 Å². The average Bonchev–Trinajstić information content (AvgIpc) is 2.46. The van der Waals surface area contributed by atoms with Gasteiger partial charge in [-0.25, -0.2) is 9.97 Å². The highest BCUT2D eigenvalue weighted by molar-refractivity contribution is 5.66. The van der Waals surface area contributed by atoms with Crippen molar-refractivity contribution in [3.05, 3.63) is 42.4 Å². The van der Waals surface area contributed by atoms with Crippen LogP contribution in [0.5, 0.6) is 5.75 Å². The number of rotatable bonds is 4. The molecule has 18 heavy (non-hydrogen) atoms. The molecule has 1 aromatic heterocycles. The van der Waals surface area contributed by atoms with E-state index in [1.807, 2.05) is 42.3 Å². The number of anilines is 2. The molecule has 0 saturated heterocycles. The molecule has 0 radical (unpaired) electrons. The number of aromatic nitrogens is 2. The Morgan fingerprint density at radius 2 is 2.06 bits per heavy atom. The Balaban J connectivity index is 2.37. The third kappa shape index (κ3) is 2.41. The normalized spacial score (nSPS) is 10.2. The van der Waals surface area contributed by atoms with Crippen molar-refractivity contribution >= 4 is 11.5 Å². The van der Waals surface area contributed by atoms with Gasteiger partial charge >= 0.3 is 0 Å². The standard InChI is InChI=1S/C13H16N4O/c1-17(10-5-3-4-6-11(10)18-2)13-7-8-15-12(9-14)16-13/h3-8H,9,14H2,1-2H3. The van der Waals surface area contributed by atoms with E-state index in [-0.39, 0.29) is 0 Å². The van der Waals surface area contributed by atoms with E-state index < -0.39 is 0 Å². The number of ether oxygens (including phenoxy) is 1. The zero-order valence-corrected chi connectivity index (χ0v) is 10.5. The van der Waals surface area contributed by atoms with Gasteiger partial charge in [0.15, 0.2) is 0 Å². The van der Waals surface area contributed by atoms with Gasteiger partial charge < -0.3 is 15.4 Å². The second-order valence-electron chi connectivity index (χ2n) is 3.77. The highest BCUT2D eigenvalue weighted by atomic mass is 16.5. The molecule has 5 nitrogen and oxygen atoms in total. The van der Waals surface area contributed by atoms with E-state index in [2.05, 4.69) is 9.97 Å². The first-order valence-electron chi connectivity index (χ1n) is 5.65. The molecule has 2 aromatic rings. The quantitative estimate of drug-likeness (QED) is 0.887. The second kappa shape index (κ2) is 5.46. The predicted molar refractivity (Wildman–Crippen MR) is 71.0 cm³/mol. The molecule has 0 aliphatic rings. The van der Waals surface area contributed by atoms with Gasteiger partial charge in [-0.3, -0.25) is 0 Å². The lowest BCUT2D eigenvalue weighted by molar-refractivity contribution is 0.415. The van der Waals surface area contributed by atoms with Crippen molar-refractivity contribution in [3.8, 4) is 5.75 Å². The van der Waals surface area contributed by atoms with Crippen LogP contribution in [-0.4, -0.2) is 24.1 Å². The van der Waals surface area contributed by atoms with E-state index in [0.29, 0.717) is 12.4 Å². The van der Waals surface area contributed by atoms with E-state index in [1.54, 1.807) is 13.3 Å². The molecule has 1 heterocycles. The second-order valence-corrected chi connectivity index (χ2v) is 3.77. The molecule has 0 spiro atoms. The van der Waals surface area contributed by atoms with E-state index in [0.717, 1.165) is 17.3 Å². The molecule has 0 saturated carbocycles. The number of para-hydroxylation sites is 2. The number of hydrogen-bond acceptors (Lipinski definition) is 5. The van der Waals surface area contributed by atoms with Gasteiger partial charge in [-0.15, -0.1) is 0 Å². The smallest absolute Gasteiger partial charge is 0.144 e. The molecule has 0 aliphatic heterocycles. The number of benzene rings is 1. The third-order valence-corrected chi connectivity index (χ3v) is 2.66. The summed E-state index contributed by atoms with van der Waals surface area (Å²) in [4.78, 5) is 10.4. The topological polar surface area (TPSA) is 64.3 Å². The fraction of sp³-hybridized carbons (Fsp3) is 0.231. The first kappa shape index (κ1) is 12.3. The lowest BCUT2D eigenvalue weighted by Gasteiger charge is -2.20. The lowest BCUT2D eigenvalue weighted by Crippen LogP contribution is -2.14. The molecule has 0 unspecified atom stereocenters. The predicted octanol–water partition coefficient (Wildman–Crippen LogP) is 1.71. The Morgan fingerprint density at radius 1 is 1.28 bits per heavy atom. The molecule has 2 N–H and O–H groups in total. The molecule has 0 atom stereocenters. The Labute approximate surface area is 106 Å². The van der Waals surface area contributed by atoms with Crippen molar-refractivity contribution in [1.82, 2.24) is 9.97 Å². The lowest BCUT2D eigenvalue weighted by atomic mass is 10.2. The molecule has 0 bridgehead atoms. The third-order valence-electron chi connectivity index (χ3n) is 2.66. The maximum Gasteiger partial charge on any atom is 0.144 e. The summed E-state index contributed by atoms with van der Waals surface area (Å²) >= 11 is 0. The highest BCUT2D eigenvalue weighted by Gasteiger charge is 2.10. The van der Waals surface area contributed by atoms with Gasteiger partial charge in [0, 0.05) is 13.2 Å². The molecule has 2 rings (SSSR count). The zero-order valence-electron chi connectivity index (χ0n) is 10.5. The minimum absolute atomic E-state index is 0.327. The molecular formula is C13H16N4O. The molecule has 0 amide bonds. The van der Waals surface area contributed by atoms with Crippen molar-refractivity contribution in [2.75, 3.05) is 19.1 Å². The average molecular weight is 244 g/mol. The van der Waals surface area contributed by atoms with Crippen LogP contribution in [0.1, 0.15) is 5.82 Å². The number of methoxy groups -OCH3 is 1. The van der Waals surface area contributed by atoms with Crippen LogP contribution in [0.4, 0.5) is 11.5 Å². The van der Waals surface area contributed by atoms with Gasteiger partial charge in [0.2, 0.25) is 0 Å². The van der Waals surface area contributed by atoms with Gasteiger partial charge in [-0.05, 0) is 18.2 Å². The first-order chi connectivity index (χ1) is 8.76. The maximum atomic E-state index is 5.55. The Hall–Kier alpha value is -2.14. The SMILES string of the molecule is COc1ccccc1N(C)c1ccnc(CN)n1. The summed E-state index contributed by atoms with van der Waals surface area (Å²) in [5.41, 5.74) is 6.49. The fourth-order valence-corrected chi connectivity index (χ4v) is 1.70. The number of nitrogens with two attached hydrogens (primary N) is 1. The molecule has 1 aromatic carbocycles. The summed E-state index contributed by atoms with van der Waals surface area (Å²) in [7, 11) is 3.58. The van der Waals surface area contributed by atoms with E-state index in [1.165, 1.54) is 0 Å². The summed E-state index contributed by atoms with van der Waals surface area (Å²) in [6.07, 6.45) is 1.70. The van der Waals surface area contributed by atoms with Crippen molar-refractivity contribution < 1.29 is 4.74 Å². The highest BCUT2D eigenvalue weighted by Crippen LogP contribution is 2.30. The summed E-state index contributed by atoms with van der Waals surface area (Å²) in [6, 6.07) is 9.62. The minimum Gasteiger partial charge on any atom is -0.495 e. The maximum absolute atomic E-state index is 5.55. The van der Waals surface area contributed by atoms with Gasteiger partial charge in [0.1, 0.15) is 17.4 Å². The van der Waals surface area contributed by atoms with E-state index in [4.69, 9.17) is 10.5 Å². The van der Waals surface area contributed by atoms with Crippen LogP contribution >= 0.6 is 0 Å². The molecule has 94 valence electrons. The van der Waals surface area contributed by atoms with Crippen LogP contribution < -0.4 is 15.4 Å². The van der Waals surface area contributed by atoms with Crippen LogP contribution in [0.2, 0.25) is 0 Å². The van der Waals surface area contributed by atoms with Crippen LogP contribution in [0, 0.1) is 0 Å². The Bertz CT molecular complexity index is 530. The Kier molecular flexibility index (Phi) is 3.74. The van der Waals surface area contributed by atoms with Crippen LogP contribution in [-0.2, 0) is 6.54 Å². The van der Waals surface area contributed by atoms with Crippen molar-refractivity contribution in [1.29, 1.82) is 0 Å². The van der Waals surface area contributed by atoms with E-state index in [9.17, 15) is 0 Å². The summed E-state index contributed by atoms with van der Waals surface area (Å²) in [5.74, 6) is 2.21. The molecular weight excluding hydrogens is 228 g/mol. The van der Waals surface area contributed by atoms with Crippen LogP contribution in [0.25, 0.3) is 0 Å². The Morgan fingerprint density at radius 3 is 2.78 bits per heavy atom. The van der Waals surface area contributed by atoms with Crippen LogP contribution in [0.15, 0.2) is 36.5 Å². The molecule has 5 heteroatoms. The van der Waals surface area contributed by atoms with Gasteiger partial charge in [0.05, 0.1) is 19.3 Å². The van der Waals surface area contributed by atoms with Gasteiger partial charge in [0.25, 0.3) is 0 Å². The largest absolute Gasteiger partial charge is 0.495 e. The molecule has 0 fully saturated rings.